The lowest BCUT2D eigenvalue weighted by molar-refractivity contribution is -0.384. The lowest BCUT2D eigenvalue weighted by atomic mass is 10.2. The summed E-state index contributed by atoms with van der Waals surface area (Å²) in [6, 6.07) is 19.6. The van der Waals surface area contributed by atoms with Crippen molar-refractivity contribution in [3.8, 4) is 11.5 Å². The first kappa shape index (κ1) is 20.0. The molecule has 0 aliphatic heterocycles. The molecule has 0 unspecified atom stereocenters. The summed E-state index contributed by atoms with van der Waals surface area (Å²) in [7, 11) is -4.05. The molecule has 0 atom stereocenters. The minimum Gasteiger partial charge on any atom is -0.457 e. The minimum atomic E-state index is -4.05. The van der Waals surface area contributed by atoms with Gasteiger partial charge in [0.05, 0.1) is 16.0 Å². The van der Waals surface area contributed by atoms with Crippen molar-refractivity contribution in [1.29, 1.82) is 0 Å². The number of hydrazone groups is 1. The average molecular weight is 412 g/mol. The van der Waals surface area contributed by atoms with E-state index in [1.165, 1.54) is 12.3 Å². The third kappa shape index (κ3) is 5.37. The number of sulfonamides is 1. The molecule has 9 nitrogen and oxygen atoms in total. The van der Waals surface area contributed by atoms with Crippen molar-refractivity contribution in [2.45, 2.75) is 4.90 Å². The van der Waals surface area contributed by atoms with Crippen molar-refractivity contribution >= 4 is 27.6 Å². The third-order valence-electron chi connectivity index (χ3n) is 3.73. The van der Waals surface area contributed by atoms with Crippen molar-refractivity contribution < 1.29 is 18.1 Å². The quantitative estimate of drug-likeness (QED) is 0.346. The van der Waals surface area contributed by atoms with Gasteiger partial charge in [-0.15, -0.1) is 0 Å². The highest BCUT2D eigenvalue weighted by atomic mass is 32.2. The number of anilines is 1. The maximum atomic E-state index is 11.4. The van der Waals surface area contributed by atoms with Gasteiger partial charge >= 0.3 is 0 Å². The Morgan fingerprint density at radius 2 is 1.72 bits per heavy atom. The second kappa shape index (κ2) is 8.50. The van der Waals surface area contributed by atoms with Gasteiger partial charge in [-0.25, -0.2) is 13.6 Å². The van der Waals surface area contributed by atoms with Gasteiger partial charge in [-0.1, -0.05) is 30.3 Å². The van der Waals surface area contributed by atoms with E-state index in [1.54, 1.807) is 24.3 Å². The highest BCUT2D eigenvalue weighted by molar-refractivity contribution is 7.89. The Balaban J connectivity index is 1.76. The van der Waals surface area contributed by atoms with Crippen LogP contribution >= 0.6 is 0 Å². The Morgan fingerprint density at radius 1 is 1.00 bits per heavy atom. The summed E-state index contributed by atoms with van der Waals surface area (Å²) in [6.07, 6.45) is 1.45. The molecule has 3 aromatic rings. The largest absolute Gasteiger partial charge is 0.457 e. The number of para-hydroxylation sites is 1. The van der Waals surface area contributed by atoms with Crippen LogP contribution in [0.5, 0.6) is 11.5 Å². The zero-order valence-corrected chi connectivity index (χ0v) is 15.7. The molecule has 0 bridgehead atoms. The molecule has 10 heteroatoms. The van der Waals surface area contributed by atoms with E-state index in [2.05, 4.69) is 10.5 Å². The highest BCUT2D eigenvalue weighted by Gasteiger charge is 2.18. The lowest BCUT2D eigenvalue weighted by Crippen LogP contribution is -2.12. The van der Waals surface area contributed by atoms with Crippen LogP contribution in [0.3, 0.4) is 0 Å². The zero-order valence-electron chi connectivity index (χ0n) is 14.9. The van der Waals surface area contributed by atoms with Crippen molar-refractivity contribution in [2.24, 2.45) is 10.2 Å². The molecular weight excluding hydrogens is 396 g/mol. The molecule has 29 heavy (non-hydrogen) atoms. The second-order valence-electron chi connectivity index (χ2n) is 5.84. The van der Waals surface area contributed by atoms with Gasteiger partial charge in [-0.05, 0) is 42.0 Å². The summed E-state index contributed by atoms with van der Waals surface area (Å²) in [5.74, 6) is 1.29. The van der Waals surface area contributed by atoms with Gasteiger partial charge in [0, 0.05) is 6.07 Å². The number of nitro groups is 1. The summed E-state index contributed by atoms with van der Waals surface area (Å²) in [4.78, 5) is 10.1. The monoisotopic (exact) mass is 412 g/mol. The van der Waals surface area contributed by atoms with E-state index in [-0.39, 0.29) is 10.6 Å². The topological polar surface area (TPSA) is 137 Å². The fourth-order valence-electron chi connectivity index (χ4n) is 2.39. The standard InChI is InChI=1S/C19H16N4O5S/c20-29(26,27)17-9-10-18(19(12-17)23(24)25)22-21-13-14-5-4-8-16(11-14)28-15-6-2-1-3-7-15/h1-13,22H,(H2,20,26,27)/b21-13-. The molecule has 3 aromatic carbocycles. The molecule has 0 spiro atoms. The van der Waals surface area contributed by atoms with Gasteiger partial charge in [0.2, 0.25) is 10.0 Å². The van der Waals surface area contributed by atoms with Crippen molar-refractivity contribution in [2.75, 3.05) is 5.43 Å². The number of ether oxygens (including phenoxy) is 1. The number of primary sulfonamides is 1. The smallest absolute Gasteiger partial charge is 0.295 e. The molecule has 0 fully saturated rings. The van der Waals surface area contributed by atoms with Crippen LogP contribution in [-0.2, 0) is 10.0 Å². The molecule has 0 saturated carbocycles. The molecule has 3 N–H and O–H groups in total. The van der Waals surface area contributed by atoms with Crippen LogP contribution in [0.2, 0.25) is 0 Å². The predicted octanol–water partition coefficient (Wildman–Crippen LogP) is 3.48. The van der Waals surface area contributed by atoms with E-state index in [4.69, 9.17) is 9.88 Å². The van der Waals surface area contributed by atoms with Crippen molar-refractivity contribution in [3.05, 3.63) is 88.5 Å². The molecule has 0 amide bonds. The molecule has 3 rings (SSSR count). The SMILES string of the molecule is NS(=O)(=O)c1ccc(N/N=C\c2cccc(Oc3ccccc3)c2)c([N+](=O)[O-])c1. The molecule has 0 saturated heterocycles. The number of rotatable bonds is 7. The molecule has 0 heterocycles. The van der Waals surface area contributed by atoms with Crippen molar-refractivity contribution in [1.82, 2.24) is 0 Å². The fraction of sp³-hybridized carbons (Fsp3) is 0. The Bertz CT molecular complexity index is 1160. The molecule has 0 aliphatic carbocycles. The van der Waals surface area contributed by atoms with Gasteiger partial charge in [-0.2, -0.15) is 5.10 Å². The molecular formula is C19H16N4O5S. The van der Waals surface area contributed by atoms with E-state index in [0.717, 1.165) is 12.1 Å². The zero-order chi connectivity index (χ0) is 20.9. The first-order valence-electron chi connectivity index (χ1n) is 8.26. The Morgan fingerprint density at radius 3 is 2.41 bits per heavy atom. The number of benzene rings is 3. The summed E-state index contributed by atoms with van der Waals surface area (Å²) < 4.78 is 28.5. The second-order valence-corrected chi connectivity index (χ2v) is 7.40. The first-order valence-corrected chi connectivity index (χ1v) is 9.81. The summed E-state index contributed by atoms with van der Waals surface area (Å²) in [6.45, 7) is 0. The Hall–Kier alpha value is -3.76. The van der Waals surface area contributed by atoms with Crippen LogP contribution in [0.4, 0.5) is 11.4 Å². The van der Waals surface area contributed by atoms with Crippen LogP contribution < -0.4 is 15.3 Å². The minimum absolute atomic E-state index is 0.0235. The highest BCUT2D eigenvalue weighted by Crippen LogP contribution is 2.27. The number of hydrogen-bond donors (Lipinski definition) is 2. The van der Waals surface area contributed by atoms with E-state index in [1.807, 2.05) is 30.3 Å². The van der Waals surface area contributed by atoms with Crippen LogP contribution in [-0.4, -0.2) is 19.6 Å². The van der Waals surface area contributed by atoms with Crippen LogP contribution in [0, 0.1) is 10.1 Å². The number of nitrogens with one attached hydrogen (secondary N) is 1. The van der Waals surface area contributed by atoms with Gasteiger partial charge in [0.1, 0.15) is 17.2 Å². The summed E-state index contributed by atoms with van der Waals surface area (Å²) >= 11 is 0. The van der Waals surface area contributed by atoms with Gasteiger partial charge in [0.15, 0.2) is 0 Å². The number of hydrogen-bond acceptors (Lipinski definition) is 7. The predicted molar refractivity (Wildman–Crippen MR) is 109 cm³/mol. The van der Waals surface area contributed by atoms with Gasteiger partial charge in [0.25, 0.3) is 5.69 Å². The summed E-state index contributed by atoms with van der Waals surface area (Å²) in [5, 5.41) is 20.2. The Kier molecular flexibility index (Phi) is 5.86. The van der Waals surface area contributed by atoms with E-state index < -0.39 is 20.6 Å². The third-order valence-corrected chi connectivity index (χ3v) is 4.64. The lowest BCUT2D eigenvalue weighted by Gasteiger charge is -2.06. The van der Waals surface area contributed by atoms with Crippen LogP contribution in [0.25, 0.3) is 0 Å². The van der Waals surface area contributed by atoms with E-state index >= 15 is 0 Å². The van der Waals surface area contributed by atoms with Gasteiger partial charge < -0.3 is 4.74 Å². The van der Waals surface area contributed by atoms with Crippen LogP contribution in [0.15, 0.2) is 82.8 Å². The van der Waals surface area contributed by atoms with Crippen molar-refractivity contribution in [3.63, 3.8) is 0 Å². The normalized spacial score (nSPS) is 11.3. The first-order chi connectivity index (χ1) is 13.8. The van der Waals surface area contributed by atoms with Gasteiger partial charge in [-0.3, -0.25) is 15.5 Å². The average Bonchev–Trinajstić information content (AvgIpc) is 2.68. The maximum absolute atomic E-state index is 11.4. The van der Waals surface area contributed by atoms with E-state index in [0.29, 0.717) is 17.1 Å². The number of nitrogens with two attached hydrogens (primary N) is 1. The van der Waals surface area contributed by atoms with E-state index in [9.17, 15) is 18.5 Å². The number of nitrogens with zero attached hydrogens (tertiary/aromatic N) is 2. The number of nitro benzene ring substituents is 1. The van der Waals surface area contributed by atoms with Crippen LogP contribution in [0.1, 0.15) is 5.56 Å². The summed E-state index contributed by atoms with van der Waals surface area (Å²) in [5.41, 5.74) is 2.79. The molecule has 148 valence electrons. The fourth-order valence-corrected chi connectivity index (χ4v) is 2.93. The molecule has 0 aromatic heterocycles. The Labute approximate surface area is 166 Å². The maximum Gasteiger partial charge on any atom is 0.295 e. The molecule has 0 radical (unpaired) electrons. The molecule has 0 aliphatic rings.